The number of nitrogens with zero attached hydrogens (tertiary/aromatic N) is 2. The molecule has 3 heterocycles. The number of rotatable bonds is 5. The first-order chi connectivity index (χ1) is 17.8. The Labute approximate surface area is 220 Å². The van der Waals surface area contributed by atoms with Gasteiger partial charge < -0.3 is 19.1 Å². The normalized spacial score (nSPS) is 23.2. The Morgan fingerprint density at radius 3 is 2.59 bits per heavy atom. The number of fused-ring (bicyclic) bond motifs is 3. The molecule has 0 amide bonds. The number of benzene rings is 2. The summed E-state index contributed by atoms with van der Waals surface area (Å²) >= 11 is 0. The van der Waals surface area contributed by atoms with Crippen molar-refractivity contribution in [1.82, 2.24) is 9.47 Å². The zero-order chi connectivity index (χ0) is 25.7. The molecule has 196 valence electrons. The number of phenolic OH excluding ortho intramolecular Hbond substituents is 1. The van der Waals surface area contributed by atoms with E-state index in [1.807, 2.05) is 6.07 Å². The van der Waals surface area contributed by atoms with Crippen LogP contribution in [0, 0.1) is 11.3 Å². The van der Waals surface area contributed by atoms with Gasteiger partial charge in [-0.25, -0.2) is 0 Å². The average Bonchev–Trinajstić information content (AvgIpc) is 3.50. The number of likely N-dealkylation sites (tertiary alicyclic amines) is 1. The van der Waals surface area contributed by atoms with Gasteiger partial charge in [0.25, 0.3) is 0 Å². The monoisotopic (exact) mass is 500 g/mol. The van der Waals surface area contributed by atoms with Crippen LogP contribution in [0.25, 0.3) is 23.1 Å². The molecule has 5 nitrogen and oxygen atoms in total. The number of ether oxygens (including phenoxy) is 2. The number of aryl methyl sites for hydroxylation is 1. The summed E-state index contributed by atoms with van der Waals surface area (Å²) in [5, 5.41) is 12.1. The number of aromatic nitrogens is 1. The summed E-state index contributed by atoms with van der Waals surface area (Å²) in [4.78, 5) is 2.53. The largest absolute Gasteiger partial charge is 0.504 e. The Kier molecular flexibility index (Phi) is 6.22. The summed E-state index contributed by atoms with van der Waals surface area (Å²) in [5.74, 6) is 2.35. The van der Waals surface area contributed by atoms with E-state index in [4.69, 9.17) is 9.47 Å². The van der Waals surface area contributed by atoms with Crippen molar-refractivity contribution in [1.29, 1.82) is 0 Å². The van der Waals surface area contributed by atoms with Crippen LogP contribution in [0.1, 0.15) is 68.2 Å². The maximum atomic E-state index is 10.8. The van der Waals surface area contributed by atoms with E-state index in [1.165, 1.54) is 55.2 Å². The maximum absolute atomic E-state index is 10.8. The molecule has 37 heavy (non-hydrogen) atoms. The lowest BCUT2D eigenvalue weighted by atomic mass is 9.64. The summed E-state index contributed by atoms with van der Waals surface area (Å²) in [6, 6.07) is 8.39. The molecule has 1 aliphatic carbocycles. The van der Waals surface area contributed by atoms with Gasteiger partial charge in [-0.2, -0.15) is 0 Å². The van der Waals surface area contributed by atoms with E-state index in [9.17, 15) is 5.11 Å². The van der Waals surface area contributed by atoms with E-state index in [0.29, 0.717) is 11.7 Å². The molecule has 1 aromatic heterocycles. The highest BCUT2D eigenvalue weighted by Crippen LogP contribution is 2.50. The van der Waals surface area contributed by atoms with Crippen LogP contribution in [-0.2, 0) is 20.0 Å². The molecule has 1 saturated carbocycles. The van der Waals surface area contributed by atoms with Gasteiger partial charge in [0, 0.05) is 31.1 Å². The molecule has 6 rings (SSSR count). The topological polar surface area (TPSA) is 46.9 Å². The van der Waals surface area contributed by atoms with Crippen LogP contribution in [0.5, 0.6) is 17.2 Å². The fourth-order valence-corrected chi connectivity index (χ4v) is 7.01. The fraction of sp³-hybridized carbons (Fsp3) is 0.500. The third-order valence-corrected chi connectivity index (χ3v) is 9.07. The molecular weight excluding hydrogens is 460 g/mol. The van der Waals surface area contributed by atoms with Crippen LogP contribution >= 0.6 is 0 Å². The SMILES string of the molecule is COc1cc(/C=C/c2cc(O)c3c(c2)C[C@H]2C(CCCC2(C)C)O3)cc2c1c(CN1CCCC1)cn2C. The van der Waals surface area contributed by atoms with Gasteiger partial charge in [-0.15, -0.1) is 0 Å². The van der Waals surface area contributed by atoms with Crippen LogP contribution in [0.3, 0.4) is 0 Å². The zero-order valence-corrected chi connectivity index (χ0v) is 22.7. The summed E-state index contributed by atoms with van der Waals surface area (Å²) in [6.07, 6.45) is 13.7. The minimum Gasteiger partial charge on any atom is -0.504 e. The molecule has 1 N–H and O–H groups in total. The summed E-state index contributed by atoms with van der Waals surface area (Å²) in [7, 11) is 3.88. The zero-order valence-electron chi connectivity index (χ0n) is 22.7. The van der Waals surface area contributed by atoms with E-state index < -0.39 is 0 Å². The van der Waals surface area contributed by atoms with E-state index in [1.54, 1.807) is 7.11 Å². The molecule has 3 aliphatic rings. The highest BCUT2D eigenvalue weighted by atomic mass is 16.5. The van der Waals surface area contributed by atoms with Gasteiger partial charge in [0.2, 0.25) is 0 Å². The van der Waals surface area contributed by atoms with Gasteiger partial charge in [0.05, 0.1) is 12.6 Å². The molecule has 0 spiro atoms. The third kappa shape index (κ3) is 4.52. The van der Waals surface area contributed by atoms with Crippen molar-refractivity contribution in [2.24, 2.45) is 18.4 Å². The minimum atomic E-state index is 0.211. The second-order valence-electron chi connectivity index (χ2n) is 12.1. The molecule has 2 aliphatic heterocycles. The summed E-state index contributed by atoms with van der Waals surface area (Å²) in [6.45, 7) is 8.06. The second-order valence-corrected chi connectivity index (χ2v) is 12.1. The van der Waals surface area contributed by atoms with Crippen LogP contribution < -0.4 is 9.47 Å². The molecular formula is C32H40N2O3. The van der Waals surface area contributed by atoms with Crippen molar-refractivity contribution < 1.29 is 14.6 Å². The lowest BCUT2D eigenvalue weighted by molar-refractivity contribution is -0.00709. The fourth-order valence-electron chi connectivity index (χ4n) is 7.01. The molecule has 5 heteroatoms. The number of aromatic hydroxyl groups is 1. The van der Waals surface area contributed by atoms with E-state index in [-0.39, 0.29) is 17.3 Å². The van der Waals surface area contributed by atoms with Crippen molar-refractivity contribution in [3.05, 3.63) is 52.7 Å². The van der Waals surface area contributed by atoms with Crippen LogP contribution in [-0.4, -0.2) is 40.9 Å². The van der Waals surface area contributed by atoms with E-state index in [0.717, 1.165) is 41.8 Å². The van der Waals surface area contributed by atoms with E-state index in [2.05, 4.69) is 66.9 Å². The summed E-state index contributed by atoms with van der Waals surface area (Å²) < 4.78 is 14.5. The summed E-state index contributed by atoms with van der Waals surface area (Å²) in [5.41, 5.74) is 5.97. The predicted molar refractivity (Wildman–Crippen MR) is 150 cm³/mol. The van der Waals surface area contributed by atoms with Crippen LogP contribution in [0.4, 0.5) is 0 Å². The minimum absolute atomic E-state index is 0.211. The number of hydrogen-bond acceptors (Lipinski definition) is 4. The molecule has 1 unspecified atom stereocenters. The van der Waals surface area contributed by atoms with Gasteiger partial charge >= 0.3 is 0 Å². The highest BCUT2D eigenvalue weighted by Gasteiger charge is 2.43. The van der Waals surface area contributed by atoms with Crippen molar-refractivity contribution >= 4 is 23.1 Å². The van der Waals surface area contributed by atoms with Crippen molar-refractivity contribution in [2.75, 3.05) is 20.2 Å². The first kappa shape index (κ1) is 24.4. The van der Waals surface area contributed by atoms with E-state index >= 15 is 0 Å². The average molecular weight is 501 g/mol. The Hall–Kier alpha value is -2.92. The smallest absolute Gasteiger partial charge is 0.164 e. The number of phenols is 1. The molecule has 0 radical (unpaired) electrons. The second kappa shape index (κ2) is 9.43. The predicted octanol–water partition coefficient (Wildman–Crippen LogP) is 6.79. The highest BCUT2D eigenvalue weighted by molar-refractivity contribution is 5.92. The molecule has 2 fully saturated rings. The van der Waals surface area contributed by atoms with Gasteiger partial charge in [0.1, 0.15) is 11.9 Å². The number of hydrogen-bond donors (Lipinski definition) is 1. The van der Waals surface area contributed by atoms with Crippen molar-refractivity contribution in [3.8, 4) is 17.2 Å². The van der Waals surface area contributed by atoms with Gasteiger partial charge in [0.15, 0.2) is 11.5 Å². The quantitative estimate of drug-likeness (QED) is 0.392. The van der Waals surface area contributed by atoms with Gasteiger partial charge in [-0.05, 0) is 104 Å². The van der Waals surface area contributed by atoms with Gasteiger partial charge in [-0.1, -0.05) is 26.0 Å². The Morgan fingerprint density at radius 1 is 1.08 bits per heavy atom. The molecule has 3 aromatic rings. The van der Waals surface area contributed by atoms with Crippen LogP contribution in [0.2, 0.25) is 0 Å². The lowest BCUT2D eigenvalue weighted by Crippen LogP contribution is -2.45. The molecule has 1 saturated heterocycles. The first-order valence-electron chi connectivity index (χ1n) is 13.9. The third-order valence-electron chi connectivity index (χ3n) is 9.07. The standard InChI is InChI=1S/C32H40N2O3/c1-32(2)11-7-8-28-25(32)18-23-14-21(16-27(35)31(23)37-28)9-10-22-15-26-30(29(17-22)36-4)24(19-33(26)3)20-34-12-5-6-13-34/h9-10,14-17,19,25,28,35H,5-8,11-13,18,20H2,1-4H3/b10-9+/t25-,28?/m0/s1. The maximum Gasteiger partial charge on any atom is 0.164 e. The van der Waals surface area contributed by atoms with Gasteiger partial charge in [-0.3, -0.25) is 4.90 Å². The van der Waals surface area contributed by atoms with Crippen LogP contribution in [0.15, 0.2) is 30.5 Å². The molecule has 0 bridgehead atoms. The molecule has 2 aromatic carbocycles. The Bertz CT molecular complexity index is 1350. The van der Waals surface area contributed by atoms with Crippen molar-refractivity contribution in [3.63, 3.8) is 0 Å². The molecule has 2 atom stereocenters. The Balaban J connectivity index is 1.30. The first-order valence-corrected chi connectivity index (χ1v) is 13.9. The van der Waals surface area contributed by atoms with Crippen molar-refractivity contribution in [2.45, 2.75) is 65.0 Å². The lowest BCUT2D eigenvalue weighted by Gasteiger charge is -2.46. The number of methoxy groups -OCH3 is 1. The Morgan fingerprint density at radius 2 is 1.84 bits per heavy atom.